The van der Waals surface area contributed by atoms with Gasteiger partial charge in [0.15, 0.2) is 0 Å². The number of halogens is 3. The van der Waals surface area contributed by atoms with E-state index in [9.17, 15) is 23.1 Å². The molecule has 29 heavy (non-hydrogen) atoms. The van der Waals surface area contributed by atoms with Gasteiger partial charge < -0.3 is 14.6 Å². The first-order valence-electron chi connectivity index (χ1n) is 9.95. The first kappa shape index (κ1) is 19.9. The summed E-state index contributed by atoms with van der Waals surface area (Å²) in [5.74, 6) is -0.466. The molecule has 1 amide bonds. The minimum atomic E-state index is -4.37. The highest BCUT2D eigenvalue weighted by molar-refractivity contribution is 5.92. The largest absolute Gasteiger partial charge is 0.406 e. The molecule has 1 saturated heterocycles. The zero-order valence-electron chi connectivity index (χ0n) is 16.0. The normalized spacial score (nSPS) is 27.5. The molecule has 8 heteroatoms. The lowest BCUT2D eigenvalue weighted by molar-refractivity contribution is -0.140. The highest BCUT2D eigenvalue weighted by atomic mass is 19.4. The molecule has 1 N–H and O–H groups in total. The van der Waals surface area contributed by atoms with Crippen LogP contribution in [0.2, 0.25) is 0 Å². The predicted octanol–water partition coefficient (Wildman–Crippen LogP) is 3.74. The molecule has 0 spiro atoms. The van der Waals surface area contributed by atoms with Gasteiger partial charge in [-0.2, -0.15) is 13.2 Å². The van der Waals surface area contributed by atoms with Crippen molar-refractivity contribution in [1.29, 1.82) is 0 Å². The van der Waals surface area contributed by atoms with Crippen LogP contribution in [-0.4, -0.2) is 44.2 Å². The van der Waals surface area contributed by atoms with Crippen LogP contribution < -0.4 is 0 Å². The molecule has 1 saturated carbocycles. The lowest BCUT2D eigenvalue weighted by atomic mass is 9.66. The summed E-state index contributed by atoms with van der Waals surface area (Å²) in [7, 11) is 0. The van der Waals surface area contributed by atoms with Gasteiger partial charge in [-0.1, -0.05) is 43.2 Å². The second-order valence-electron chi connectivity index (χ2n) is 8.04. The molecule has 0 radical (unpaired) electrons. The van der Waals surface area contributed by atoms with E-state index >= 15 is 0 Å². The van der Waals surface area contributed by atoms with E-state index in [0.717, 1.165) is 48.3 Å². The van der Waals surface area contributed by atoms with Crippen molar-refractivity contribution in [3.8, 4) is 0 Å². The van der Waals surface area contributed by atoms with Crippen molar-refractivity contribution >= 4 is 5.91 Å². The van der Waals surface area contributed by atoms with E-state index in [1.165, 1.54) is 0 Å². The Labute approximate surface area is 167 Å². The Morgan fingerprint density at radius 3 is 2.66 bits per heavy atom. The molecule has 2 aromatic rings. The molecule has 0 unspecified atom stereocenters. The Balaban J connectivity index is 1.58. The Morgan fingerprint density at radius 2 is 1.93 bits per heavy atom. The fourth-order valence-corrected chi connectivity index (χ4v) is 4.93. The zero-order chi connectivity index (χ0) is 20.6. The van der Waals surface area contributed by atoms with Gasteiger partial charge in [-0.25, -0.2) is 4.98 Å². The summed E-state index contributed by atoms with van der Waals surface area (Å²) in [4.78, 5) is 18.7. The van der Waals surface area contributed by atoms with E-state index < -0.39 is 18.3 Å². The predicted molar refractivity (Wildman–Crippen MR) is 100 cm³/mol. The van der Waals surface area contributed by atoms with E-state index in [-0.39, 0.29) is 23.6 Å². The van der Waals surface area contributed by atoms with Crippen LogP contribution in [0, 0.1) is 5.92 Å². The van der Waals surface area contributed by atoms with Gasteiger partial charge in [-0.05, 0) is 24.8 Å². The molecular formula is C21H24F3N3O2. The van der Waals surface area contributed by atoms with Crippen molar-refractivity contribution in [3.63, 3.8) is 0 Å². The Hall–Kier alpha value is -2.35. The number of likely N-dealkylation sites (tertiary alicyclic amines) is 1. The van der Waals surface area contributed by atoms with E-state index in [1.54, 1.807) is 4.90 Å². The average molecular weight is 407 g/mol. The first-order chi connectivity index (χ1) is 13.8. The number of carbonyl (C=O) groups excluding carboxylic acids is 1. The van der Waals surface area contributed by atoms with Crippen LogP contribution in [0.15, 0.2) is 42.9 Å². The molecular weight excluding hydrogens is 383 g/mol. The van der Waals surface area contributed by atoms with Crippen LogP contribution >= 0.6 is 0 Å². The lowest BCUT2D eigenvalue weighted by Crippen LogP contribution is -2.59. The number of fused-ring (bicyclic) bond motifs is 1. The maximum Gasteiger partial charge on any atom is 0.406 e. The van der Waals surface area contributed by atoms with E-state index in [2.05, 4.69) is 4.98 Å². The van der Waals surface area contributed by atoms with Crippen LogP contribution in [0.5, 0.6) is 0 Å². The number of aliphatic hydroxyl groups is 1. The van der Waals surface area contributed by atoms with Crippen LogP contribution in [0.4, 0.5) is 13.2 Å². The summed E-state index contributed by atoms with van der Waals surface area (Å²) in [5.41, 5.74) is -0.124. The second kappa shape index (κ2) is 7.48. The van der Waals surface area contributed by atoms with Crippen molar-refractivity contribution in [2.24, 2.45) is 5.92 Å². The van der Waals surface area contributed by atoms with Gasteiger partial charge in [0.1, 0.15) is 12.2 Å². The Morgan fingerprint density at radius 1 is 1.21 bits per heavy atom. The van der Waals surface area contributed by atoms with Crippen LogP contribution in [0.3, 0.4) is 0 Å². The Kier molecular flexibility index (Phi) is 5.14. The first-order valence-corrected chi connectivity index (χ1v) is 9.95. The summed E-state index contributed by atoms with van der Waals surface area (Å²) in [6, 6.07) is 9.39. The second-order valence-corrected chi connectivity index (χ2v) is 8.04. The summed E-state index contributed by atoms with van der Waals surface area (Å²) in [5, 5.41) is 11.6. The van der Waals surface area contributed by atoms with E-state index in [4.69, 9.17) is 0 Å². The summed E-state index contributed by atoms with van der Waals surface area (Å²) in [6.45, 7) is -0.829. The van der Waals surface area contributed by atoms with Gasteiger partial charge in [-0.15, -0.1) is 0 Å². The standard InChI is InChI=1S/C21H24F3N3O2/c22-21(23,24)13-26-12-17(25-14-26)19(28)27-11-10-20(29,15-6-2-1-3-7-15)16-8-4-5-9-18(16)27/h1-3,6-7,12,14,16,18,29H,4-5,8-11,13H2/t16-,18+,20-/m1/s1. The number of alkyl halides is 3. The minimum Gasteiger partial charge on any atom is -0.385 e. The summed E-state index contributed by atoms with van der Waals surface area (Å²) in [6.07, 6.45) is 1.75. The number of aromatic nitrogens is 2. The van der Waals surface area contributed by atoms with Crippen LogP contribution in [0.25, 0.3) is 0 Å². The number of amides is 1. The highest BCUT2D eigenvalue weighted by Crippen LogP contribution is 2.47. The number of benzene rings is 1. The fourth-order valence-electron chi connectivity index (χ4n) is 4.93. The van der Waals surface area contributed by atoms with Gasteiger partial charge in [0.05, 0.1) is 11.9 Å². The number of imidazole rings is 1. The Bertz CT molecular complexity index is 868. The lowest BCUT2D eigenvalue weighted by Gasteiger charge is -2.52. The topological polar surface area (TPSA) is 58.4 Å². The number of nitrogens with zero attached hydrogens (tertiary/aromatic N) is 3. The van der Waals surface area contributed by atoms with Crippen molar-refractivity contribution < 1.29 is 23.1 Å². The summed E-state index contributed by atoms with van der Waals surface area (Å²) >= 11 is 0. The number of rotatable bonds is 3. The van der Waals surface area contributed by atoms with Gasteiger partial charge >= 0.3 is 6.18 Å². The number of piperidine rings is 1. The third kappa shape index (κ3) is 3.90. The number of hydrogen-bond acceptors (Lipinski definition) is 3. The highest BCUT2D eigenvalue weighted by Gasteiger charge is 2.50. The van der Waals surface area contributed by atoms with Crippen LogP contribution in [0.1, 0.15) is 48.2 Å². The maximum absolute atomic E-state index is 13.1. The maximum atomic E-state index is 13.1. The smallest absolute Gasteiger partial charge is 0.385 e. The summed E-state index contributed by atoms with van der Waals surface area (Å²) < 4.78 is 38.7. The van der Waals surface area contributed by atoms with Gasteiger partial charge in [0, 0.05) is 24.7 Å². The molecule has 2 heterocycles. The molecule has 2 aliphatic rings. The van der Waals surface area contributed by atoms with Crippen molar-refractivity contribution in [2.75, 3.05) is 6.54 Å². The van der Waals surface area contributed by atoms with Crippen molar-refractivity contribution in [2.45, 2.75) is 56.5 Å². The van der Waals surface area contributed by atoms with E-state index in [1.807, 2.05) is 30.3 Å². The molecule has 1 aromatic carbocycles. The quantitative estimate of drug-likeness (QED) is 0.843. The molecule has 156 valence electrons. The van der Waals surface area contributed by atoms with Gasteiger partial charge in [0.25, 0.3) is 5.91 Å². The fraction of sp³-hybridized carbons (Fsp3) is 0.524. The number of hydrogen-bond donors (Lipinski definition) is 1. The molecule has 1 aliphatic carbocycles. The van der Waals surface area contributed by atoms with Gasteiger partial charge in [0.2, 0.25) is 0 Å². The molecule has 0 bridgehead atoms. The van der Waals surface area contributed by atoms with Crippen molar-refractivity contribution in [1.82, 2.24) is 14.5 Å². The molecule has 4 rings (SSSR count). The minimum absolute atomic E-state index is 0.0173. The molecule has 1 aliphatic heterocycles. The SMILES string of the molecule is O=C(c1cn(CC(F)(F)F)cn1)N1CC[C@@](O)(c2ccccc2)[C@@H]2CCCC[C@@H]21. The molecule has 3 atom stereocenters. The van der Waals surface area contributed by atoms with Gasteiger partial charge in [-0.3, -0.25) is 4.79 Å². The average Bonchev–Trinajstić information content (AvgIpc) is 3.15. The molecule has 2 fully saturated rings. The third-order valence-electron chi connectivity index (χ3n) is 6.23. The monoisotopic (exact) mass is 407 g/mol. The number of carbonyl (C=O) groups is 1. The molecule has 1 aromatic heterocycles. The van der Waals surface area contributed by atoms with Crippen LogP contribution in [-0.2, 0) is 12.1 Å². The third-order valence-corrected chi connectivity index (χ3v) is 6.23. The van der Waals surface area contributed by atoms with Crippen molar-refractivity contribution in [3.05, 3.63) is 54.1 Å². The zero-order valence-corrected chi connectivity index (χ0v) is 16.0. The molecule has 5 nitrogen and oxygen atoms in total. The van der Waals surface area contributed by atoms with E-state index in [0.29, 0.717) is 13.0 Å².